The van der Waals surface area contributed by atoms with E-state index in [1.807, 2.05) is 12.1 Å². The molecule has 0 spiro atoms. The van der Waals surface area contributed by atoms with E-state index in [1.54, 1.807) is 12.1 Å². The van der Waals surface area contributed by atoms with Gasteiger partial charge in [-0.3, -0.25) is 9.10 Å². The van der Waals surface area contributed by atoms with E-state index in [0.29, 0.717) is 13.0 Å². The molecule has 3 rings (SSSR count). The minimum atomic E-state index is -4.52. The molecular formula is C18H17F3N2O3S. The third-order valence-electron chi connectivity index (χ3n) is 4.35. The van der Waals surface area contributed by atoms with Gasteiger partial charge in [0, 0.05) is 12.2 Å². The lowest BCUT2D eigenvalue weighted by Crippen LogP contribution is -2.42. The Labute approximate surface area is 155 Å². The van der Waals surface area contributed by atoms with Crippen LogP contribution >= 0.6 is 0 Å². The number of carbonyl (C=O) groups excluding carboxylic acids is 1. The number of anilines is 2. The summed E-state index contributed by atoms with van der Waals surface area (Å²) >= 11 is 0. The Kier molecular flexibility index (Phi) is 4.90. The second kappa shape index (κ2) is 6.88. The van der Waals surface area contributed by atoms with Crippen LogP contribution in [0.2, 0.25) is 0 Å². The van der Waals surface area contributed by atoms with Crippen LogP contribution in [0.4, 0.5) is 24.5 Å². The molecule has 0 saturated carbocycles. The highest BCUT2D eigenvalue weighted by Crippen LogP contribution is 2.31. The predicted octanol–water partition coefficient (Wildman–Crippen LogP) is 3.06. The van der Waals surface area contributed by atoms with Gasteiger partial charge in [-0.1, -0.05) is 18.2 Å². The van der Waals surface area contributed by atoms with E-state index >= 15 is 0 Å². The summed E-state index contributed by atoms with van der Waals surface area (Å²) in [5.41, 5.74) is 0.834. The molecule has 1 aliphatic heterocycles. The maximum Gasteiger partial charge on any atom is 0.416 e. The van der Waals surface area contributed by atoms with Crippen LogP contribution in [-0.4, -0.2) is 33.7 Å². The molecule has 0 unspecified atom stereocenters. The van der Waals surface area contributed by atoms with Crippen LogP contribution in [0.1, 0.15) is 11.1 Å². The van der Waals surface area contributed by atoms with Crippen molar-refractivity contribution in [2.45, 2.75) is 12.6 Å². The first kappa shape index (κ1) is 19.2. The van der Waals surface area contributed by atoms with E-state index < -0.39 is 34.2 Å². The fraction of sp³-hybridized carbons (Fsp3) is 0.278. The Balaban J connectivity index is 1.86. The molecule has 0 bridgehead atoms. The first-order valence-corrected chi connectivity index (χ1v) is 9.95. The molecule has 0 aliphatic carbocycles. The quantitative estimate of drug-likeness (QED) is 0.796. The summed E-state index contributed by atoms with van der Waals surface area (Å²) < 4.78 is 63.3. The largest absolute Gasteiger partial charge is 0.416 e. The van der Waals surface area contributed by atoms with Gasteiger partial charge in [0.05, 0.1) is 17.5 Å². The zero-order valence-corrected chi connectivity index (χ0v) is 15.2. The zero-order valence-electron chi connectivity index (χ0n) is 14.4. The maximum atomic E-state index is 12.7. The molecule has 1 heterocycles. The predicted molar refractivity (Wildman–Crippen MR) is 96.1 cm³/mol. The number of halogens is 3. The summed E-state index contributed by atoms with van der Waals surface area (Å²) in [5.74, 6) is -0.440. The number of hydrogen-bond acceptors (Lipinski definition) is 3. The molecule has 9 heteroatoms. The number of benzene rings is 2. The molecule has 2 aromatic rings. The van der Waals surface area contributed by atoms with E-state index in [2.05, 4.69) is 0 Å². The zero-order chi connectivity index (χ0) is 19.8. The average Bonchev–Trinajstić information content (AvgIpc) is 3.02. The summed E-state index contributed by atoms with van der Waals surface area (Å²) in [6, 6.07) is 11.0. The topological polar surface area (TPSA) is 57.7 Å². The number of sulfonamides is 1. The summed E-state index contributed by atoms with van der Waals surface area (Å²) in [6.07, 6.45) is -2.94. The Morgan fingerprint density at radius 2 is 1.74 bits per heavy atom. The van der Waals surface area contributed by atoms with Crippen molar-refractivity contribution in [2.75, 3.05) is 28.6 Å². The molecule has 5 nitrogen and oxygen atoms in total. The van der Waals surface area contributed by atoms with Crippen LogP contribution in [0.5, 0.6) is 0 Å². The van der Waals surface area contributed by atoms with Crippen LogP contribution in [-0.2, 0) is 27.4 Å². The Morgan fingerprint density at radius 3 is 2.33 bits per heavy atom. The fourth-order valence-corrected chi connectivity index (χ4v) is 3.87. The third kappa shape index (κ3) is 4.08. The van der Waals surface area contributed by atoms with Crippen LogP contribution in [0.3, 0.4) is 0 Å². The molecule has 27 heavy (non-hydrogen) atoms. The molecule has 1 aliphatic rings. The van der Waals surface area contributed by atoms with Crippen molar-refractivity contribution in [1.29, 1.82) is 0 Å². The van der Waals surface area contributed by atoms with Crippen molar-refractivity contribution in [3.8, 4) is 0 Å². The van der Waals surface area contributed by atoms with Gasteiger partial charge in [-0.05, 0) is 42.3 Å². The normalized spacial score (nSPS) is 14.1. The summed E-state index contributed by atoms with van der Waals surface area (Å²) in [4.78, 5) is 14.2. The minimum absolute atomic E-state index is 0.00586. The highest BCUT2D eigenvalue weighted by Gasteiger charge is 2.32. The van der Waals surface area contributed by atoms with E-state index in [1.165, 1.54) is 4.90 Å². The Morgan fingerprint density at radius 1 is 1.11 bits per heavy atom. The van der Waals surface area contributed by atoms with Crippen molar-refractivity contribution in [3.63, 3.8) is 0 Å². The highest BCUT2D eigenvalue weighted by atomic mass is 32.2. The molecule has 1 amide bonds. The smallest absolute Gasteiger partial charge is 0.310 e. The monoisotopic (exact) mass is 398 g/mol. The van der Waals surface area contributed by atoms with Crippen LogP contribution in [0.25, 0.3) is 0 Å². The number of para-hydroxylation sites is 1. The summed E-state index contributed by atoms with van der Waals surface area (Å²) in [5, 5.41) is 0. The lowest BCUT2D eigenvalue weighted by Gasteiger charge is -2.25. The molecule has 2 aromatic carbocycles. The second-order valence-electron chi connectivity index (χ2n) is 6.24. The Bertz CT molecular complexity index is 957. The standard InChI is InChI=1S/C18H17F3N2O3S/c1-27(25,26)23(15-8-6-14(7-9-15)18(19,20)21)12-17(24)22-11-10-13-4-2-3-5-16(13)22/h2-9H,10-12H2,1H3. The molecule has 0 radical (unpaired) electrons. The van der Waals surface area contributed by atoms with E-state index in [9.17, 15) is 26.4 Å². The first-order valence-electron chi connectivity index (χ1n) is 8.10. The lowest BCUT2D eigenvalue weighted by molar-refractivity contribution is -0.137. The molecule has 0 atom stereocenters. The van der Waals surface area contributed by atoms with Crippen LogP contribution in [0.15, 0.2) is 48.5 Å². The highest BCUT2D eigenvalue weighted by molar-refractivity contribution is 7.92. The number of fused-ring (bicyclic) bond motifs is 1. The third-order valence-corrected chi connectivity index (χ3v) is 5.49. The van der Waals surface area contributed by atoms with Gasteiger partial charge >= 0.3 is 6.18 Å². The van der Waals surface area contributed by atoms with Crippen LogP contribution in [0, 0.1) is 0 Å². The number of amides is 1. The molecule has 144 valence electrons. The van der Waals surface area contributed by atoms with E-state index in [-0.39, 0.29) is 5.69 Å². The lowest BCUT2D eigenvalue weighted by atomic mass is 10.2. The van der Waals surface area contributed by atoms with Gasteiger partial charge in [0.2, 0.25) is 15.9 Å². The van der Waals surface area contributed by atoms with Crippen molar-refractivity contribution >= 4 is 27.3 Å². The molecule has 0 fully saturated rings. The molecule has 0 aromatic heterocycles. The van der Waals surface area contributed by atoms with E-state index in [4.69, 9.17) is 0 Å². The summed E-state index contributed by atoms with van der Waals surface area (Å²) in [6.45, 7) is -0.0542. The Hall–Kier alpha value is -2.55. The minimum Gasteiger partial charge on any atom is -0.310 e. The SMILES string of the molecule is CS(=O)(=O)N(CC(=O)N1CCc2ccccc21)c1ccc(C(F)(F)F)cc1. The van der Waals surface area contributed by atoms with Crippen molar-refractivity contribution in [3.05, 3.63) is 59.7 Å². The van der Waals surface area contributed by atoms with Crippen molar-refractivity contribution in [1.82, 2.24) is 0 Å². The van der Waals surface area contributed by atoms with Gasteiger partial charge in [-0.25, -0.2) is 8.42 Å². The van der Waals surface area contributed by atoms with E-state index in [0.717, 1.165) is 46.1 Å². The first-order chi connectivity index (χ1) is 12.6. The van der Waals surface area contributed by atoms with Gasteiger partial charge in [0.1, 0.15) is 6.54 Å². The molecule has 0 N–H and O–H groups in total. The van der Waals surface area contributed by atoms with Gasteiger partial charge in [0.25, 0.3) is 0 Å². The van der Waals surface area contributed by atoms with Crippen LogP contribution < -0.4 is 9.21 Å². The number of carbonyl (C=O) groups is 1. The number of alkyl halides is 3. The molecular weight excluding hydrogens is 381 g/mol. The number of nitrogens with zero attached hydrogens (tertiary/aromatic N) is 2. The fourth-order valence-electron chi connectivity index (χ4n) is 3.02. The second-order valence-corrected chi connectivity index (χ2v) is 8.15. The number of rotatable bonds is 4. The van der Waals surface area contributed by atoms with Gasteiger partial charge in [-0.15, -0.1) is 0 Å². The number of hydrogen-bond donors (Lipinski definition) is 0. The van der Waals surface area contributed by atoms with Gasteiger partial charge < -0.3 is 4.90 Å². The van der Waals surface area contributed by atoms with Crippen molar-refractivity contribution < 1.29 is 26.4 Å². The maximum absolute atomic E-state index is 12.7. The van der Waals surface area contributed by atoms with Crippen molar-refractivity contribution in [2.24, 2.45) is 0 Å². The van der Waals surface area contributed by atoms with Gasteiger partial charge in [-0.2, -0.15) is 13.2 Å². The summed E-state index contributed by atoms with van der Waals surface area (Å²) in [7, 11) is -3.86. The average molecular weight is 398 g/mol. The molecule has 0 saturated heterocycles. The van der Waals surface area contributed by atoms with Gasteiger partial charge in [0.15, 0.2) is 0 Å².